The normalized spacial score (nSPS) is 46.1. The molecule has 2 nitrogen and oxygen atoms in total. The molecule has 0 aromatic rings. The molecule has 3 aliphatic carbocycles. The van der Waals surface area contributed by atoms with Gasteiger partial charge >= 0.3 is 0 Å². The van der Waals surface area contributed by atoms with Crippen LogP contribution in [-0.4, -0.2) is 17.0 Å². The van der Waals surface area contributed by atoms with E-state index in [9.17, 15) is 9.90 Å². The van der Waals surface area contributed by atoms with Crippen molar-refractivity contribution in [3.8, 4) is 0 Å². The minimum Gasteiger partial charge on any atom is -0.393 e. The van der Waals surface area contributed by atoms with Gasteiger partial charge in [-0.05, 0) is 38.0 Å². The maximum atomic E-state index is 12.0. The van der Waals surface area contributed by atoms with Crippen LogP contribution in [0.3, 0.4) is 0 Å². The summed E-state index contributed by atoms with van der Waals surface area (Å²) in [6.07, 6.45) is 7.44. The minimum atomic E-state index is -0.219. The minimum absolute atomic E-state index is 0.208. The number of aliphatic hydroxyl groups excluding tert-OH is 1. The highest BCUT2D eigenvalue weighted by molar-refractivity contribution is 5.90. The predicted molar refractivity (Wildman–Crippen MR) is 52.7 cm³/mol. The summed E-state index contributed by atoms with van der Waals surface area (Å²) in [5.74, 6) is 0.797. The molecule has 2 heteroatoms. The lowest BCUT2D eigenvalue weighted by Crippen LogP contribution is -2.35. The molecule has 14 heavy (non-hydrogen) atoms. The summed E-state index contributed by atoms with van der Waals surface area (Å²) in [5, 5.41) is 9.87. The molecule has 2 fully saturated rings. The molecule has 0 radical (unpaired) electrons. The van der Waals surface area contributed by atoms with Gasteiger partial charge in [-0.2, -0.15) is 0 Å². The van der Waals surface area contributed by atoms with Gasteiger partial charge in [0.15, 0.2) is 0 Å². The van der Waals surface area contributed by atoms with Crippen LogP contribution in [0.5, 0.6) is 0 Å². The molecule has 0 amide bonds. The first-order valence-corrected chi connectivity index (χ1v) is 5.63. The van der Waals surface area contributed by atoms with Gasteiger partial charge in [-0.3, -0.25) is 4.79 Å². The molecule has 3 atom stereocenters. The third kappa shape index (κ3) is 0.924. The standard InChI is InChI=1S/C12H16O2/c13-10-7-12-6-8(10)4-5-9(12)2-1-3-11(12)14/h2,8,10,13H,1,3-7H2. The third-order valence-electron chi connectivity index (χ3n) is 4.41. The third-order valence-corrected chi connectivity index (χ3v) is 4.41. The van der Waals surface area contributed by atoms with Crippen molar-refractivity contribution in [1.82, 2.24) is 0 Å². The van der Waals surface area contributed by atoms with Gasteiger partial charge in [-0.25, -0.2) is 0 Å². The van der Waals surface area contributed by atoms with Crippen molar-refractivity contribution < 1.29 is 9.90 Å². The maximum absolute atomic E-state index is 12.0. The first-order chi connectivity index (χ1) is 6.72. The topological polar surface area (TPSA) is 37.3 Å². The van der Waals surface area contributed by atoms with E-state index in [-0.39, 0.29) is 11.5 Å². The molecule has 3 aliphatic rings. The molecule has 0 saturated heterocycles. The van der Waals surface area contributed by atoms with E-state index in [1.807, 2.05) is 0 Å². The number of carbonyl (C=O) groups excluding carboxylic acids is 1. The summed E-state index contributed by atoms with van der Waals surface area (Å²) in [4.78, 5) is 12.0. The summed E-state index contributed by atoms with van der Waals surface area (Å²) < 4.78 is 0. The average molecular weight is 192 g/mol. The molecule has 3 unspecified atom stereocenters. The van der Waals surface area contributed by atoms with Crippen LogP contribution in [0.4, 0.5) is 0 Å². The van der Waals surface area contributed by atoms with Crippen LogP contribution >= 0.6 is 0 Å². The van der Waals surface area contributed by atoms with Gasteiger partial charge in [0.25, 0.3) is 0 Å². The molecule has 76 valence electrons. The van der Waals surface area contributed by atoms with Crippen LogP contribution < -0.4 is 0 Å². The summed E-state index contributed by atoms with van der Waals surface area (Å²) in [7, 11) is 0. The zero-order valence-electron chi connectivity index (χ0n) is 8.33. The quantitative estimate of drug-likeness (QED) is 0.594. The molecule has 0 aromatic carbocycles. The van der Waals surface area contributed by atoms with Crippen LogP contribution in [0.25, 0.3) is 0 Å². The van der Waals surface area contributed by atoms with Gasteiger partial charge in [0.05, 0.1) is 11.5 Å². The lowest BCUT2D eigenvalue weighted by molar-refractivity contribution is -0.127. The summed E-state index contributed by atoms with van der Waals surface area (Å²) >= 11 is 0. The fraction of sp³-hybridized carbons (Fsp3) is 0.750. The van der Waals surface area contributed by atoms with Crippen LogP contribution in [0, 0.1) is 11.3 Å². The van der Waals surface area contributed by atoms with E-state index in [0.29, 0.717) is 24.5 Å². The SMILES string of the molecule is O=C1CCC=C2CCC3CC12CC3O. The van der Waals surface area contributed by atoms with Crippen molar-refractivity contribution in [2.24, 2.45) is 11.3 Å². The maximum Gasteiger partial charge on any atom is 0.143 e. The second-order valence-corrected chi connectivity index (χ2v) is 5.05. The Morgan fingerprint density at radius 1 is 1.36 bits per heavy atom. The van der Waals surface area contributed by atoms with E-state index in [4.69, 9.17) is 0 Å². The number of ketones is 1. The number of hydrogen-bond donors (Lipinski definition) is 1. The summed E-state index contributed by atoms with van der Waals surface area (Å²) in [6.45, 7) is 0. The van der Waals surface area contributed by atoms with Gasteiger partial charge in [0, 0.05) is 6.42 Å². The van der Waals surface area contributed by atoms with Gasteiger partial charge < -0.3 is 5.11 Å². The van der Waals surface area contributed by atoms with Crippen molar-refractivity contribution in [1.29, 1.82) is 0 Å². The second-order valence-electron chi connectivity index (χ2n) is 5.05. The molecule has 0 aromatic heterocycles. The highest BCUT2D eigenvalue weighted by Gasteiger charge is 2.54. The van der Waals surface area contributed by atoms with E-state index in [0.717, 1.165) is 25.7 Å². The zero-order valence-corrected chi connectivity index (χ0v) is 8.33. The second kappa shape index (κ2) is 2.69. The van der Waals surface area contributed by atoms with Gasteiger partial charge in [0.2, 0.25) is 0 Å². The molecule has 0 aliphatic heterocycles. The Kier molecular flexibility index (Phi) is 1.67. The number of aliphatic hydroxyl groups is 1. The van der Waals surface area contributed by atoms with Gasteiger partial charge in [0.1, 0.15) is 5.78 Å². The number of hydrogen-bond acceptors (Lipinski definition) is 2. The Balaban J connectivity index is 2.06. The Hall–Kier alpha value is -0.630. The molecule has 3 rings (SSSR count). The smallest absolute Gasteiger partial charge is 0.143 e. The molecular formula is C12H16O2. The molecule has 2 bridgehead atoms. The summed E-state index contributed by atoms with van der Waals surface area (Å²) in [5.41, 5.74) is 1.14. The molecule has 2 saturated carbocycles. The molecule has 1 N–H and O–H groups in total. The fourth-order valence-electron chi connectivity index (χ4n) is 3.65. The van der Waals surface area contributed by atoms with Crippen LogP contribution in [-0.2, 0) is 4.79 Å². The zero-order chi connectivity index (χ0) is 9.76. The lowest BCUT2D eigenvalue weighted by Gasteiger charge is -2.37. The highest BCUT2D eigenvalue weighted by Crippen LogP contribution is 2.56. The molecule has 1 spiro atoms. The highest BCUT2D eigenvalue weighted by atomic mass is 16.3. The van der Waals surface area contributed by atoms with E-state index < -0.39 is 0 Å². The number of fused-ring (bicyclic) bond motifs is 1. The number of allylic oxidation sites excluding steroid dienone is 2. The molecular weight excluding hydrogens is 176 g/mol. The van der Waals surface area contributed by atoms with E-state index in [1.165, 1.54) is 5.57 Å². The monoisotopic (exact) mass is 192 g/mol. The first kappa shape index (κ1) is 8.66. The average Bonchev–Trinajstić information content (AvgIpc) is 2.43. The van der Waals surface area contributed by atoms with Crippen molar-refractivity contribution in [2.75, 3.05) is 0 Å². The summed E-state index contributed by atoms with van der Waals surface area (Å²) in [6, 6.07) is 0. The Bertz CT molecular complexity index is 314. The van der Waals surface area contributed by atoms with Crippen LogP contribution in [0.15, 0.2) is 11.6 Å². The largest absolute Gasteiger partial charge is 0.393 e. The van der Waals surface area contributed by atoms with Gasteiger partial charge in [-0.15, -0.1) is 0 Å². The van der Waals surface area contributed by atoms with E-state index in [1.54, 1.807) is 0 Å². The Morgan fingerprint density at radius 3 is 3.07 bits per heavy atom. The van der Waals surface area contributed by atoms with Crippen LogP contribution in [0.1, 0.15) is 38.5 Å². The first-order valence-electron chi connectivity index (χ1n) is 5.63. The number of rotatable bonds is 0. The number of Topliss-reactive ketones (excluding diaryl/α,β-unsaturated/α-hetero) is 1. The fourth-order valence-corrected chi connectivity index (χ4v) is 3.65. The predicted octanol–water partition coefficient (Wildman–Crippen LogP) is 1.83. The van der Waals surface area contributed by atoms with Crippen molar-refractivity contribution >= 4 is 5.78 Å². The van der Waals surface area contributed by atoms with E-state index >= 15 is 0 Å². The van der Waals surface area contributed by atoms with Crippen molar-refractivity contribution in [3.05, 3.63) is 11.6 Å². The lowest BCUT2D eigenvalue weighted by atomic mass is 9.65. The van der Waals surface area contributed by atoms with Crippen LogP contribution in [0.2, 0.25) is 0 Å². The molecule has 0 heterocycles. The Morgan fingerprint density at radius 2 is 2.21 bits per heavy atom. The van der Waals surface area contributed by atoms with Crippen molar-refractivity contribution in [3.63, 3.8) is 0 Å². The van der Waals surface area contributed by atoms with Crippen molar-refractivity contribution in [2.45, 2.75) is 44.6 Å². The van der Waals surface area contributed by atoms with E-state index in [2.05, 4.69) is 6.08 Å². The Labute approximate surface area is 84.0 Å². The number of carbonyl (C=O) groups is 1. The van der Waals surface area contributed by atoms with Gasteiger partial charge in [-0.1, -0.05) is 11.6 Å².